The summed E-state index contributed by atoms with van der Waals surface area (Å²) < 4.78 is 5.27. The Morgan fingerprint density at radius 2 is 1.89 bits per heavy atom. The van der Waals surface area contributed by atoms with Crippen molar-refractivity contribution in [2.45, 2.75) is 32.3 Å². The molecule has 0 amide bonds. The summed E-state index contributed by atoms with van der Waals surface area (Å²) in [5.41, 5.74) is 0.272. The number of aromatic nitrogens is 2. The SMILES string of the molecule is CCNc1ncnc(NCC2(O)CCOCC2)c1C. The van der Waals surface area contributed by atoms with Crippen LogP contribution in [0.4, 0.5) is 11.6 Å². The van der Waals surface area contributed by atoms with Gasteiger partial charge in [0.1, 0.15) is 18.0 Å². The second kappa shape index (κ2) is 6.16. The Balaban J connectivity index is 2.00. The Bertz CT molecular complexity index is 419. The van der Waals surface area contributed by atoms with Crippen molar-refractivity contribution in [3.63, 3.8) is 0 Å². The molecule has 19 heavy (non-hydrogen) atoms. The fraction of sp³-hybridized carbons (Fsp3) is 0.692. The topological polar surface area (TPSA) is 79.3 Å². The normalized spacial score (nSPS) is 18.1. The molecule has 6 heteroatoms. The van der Waals surface area contributed by atoms with E-state index in [0.29, 0.717) is 32.6 Å². The highest BCUT2D eigenvalue weighted by atomic mass is 16.5. The molecule has 0 aromatic carbocycles. The van der Waals surface area contributed by atoms with E-state index in [1.807, 2.05) is 13.8 Å². The zero-order valence-electron chi connectivity index (χ0n) is 11.6. The van der Waals surface area contributed by atoms with Gasteiger partial charge < -0.3 is 20.5 Å². The minimum absolute atomic E-state index is 0.486. The van der Waals surface area contributed by atoms with E-state index >= 15 is 0 Å². The van der Waals surface area contributed by atoms with Crippen LogP contribution in [-0.2, 0) is 4.74 Å². The maximum Gasteiger partial charge on any atom is 0.134 e. The molecule has 106 valence electrons. The zero-order chi connectivity index (χ0) is 13.7. The van der Waals surface area contributed by atoms with Crippen LogP contribution in [-0.4, -0.2) is 47.0 Å². The minimum atomic E-state index is -0.700. The zero-order valence-corrected chi connectivity index (χ0v) is 11.6. The first-order valence-corrected chi connectivity index (χ1v) is 6.74. The first kappa shape index (κ1) is 14.0. The van der Waals surface area contributed by atoms with E-state index in [-0.39, 0.29) is 0 Å². The predicted molar refractivity (Wildman–Crippen MR) is 74.4 cm³/mol. The average Bonchev–Trinajstić information content (AvgIpc) is 2.41. The van der Waals surface area contributed by atoms with Crippen LogP contribution in [0.5, 0.6) is 0 Å². The van der Waals surface area contributed by atoms with E-state index in [2.05, 4.69) is 20.6 Å². The van der Waals surface area contributed by atoms with Crippen molar-refractivity contribution in [3.05, 3.63) is 11.9 Å². The molecule has 1 fully saturated rings. The van der Waals surface area contributed by atoms with Gasteiger partial charge in [-0.2, -0.15) is 0 Å². The molecule has 0 radical (unpaired) electrons. The maximum absolute atomic E-state index is 10.4. The molecule has 0 atom stereocenters. The van der Waals surface area contributed by atoms with Gasteiger partial charge in [-0.3, -0.25) is 0 Å². The predicted octanol–water partition coefficient (Wildman–Crippen LogP) is 1.17. The highest BCUT2D eigenvalue weighted by Crippen LogP contribution is 2.23. The monoisotopic (exact) mass is 266 g/mol. The van der Waals surface area contributed by atoms with Crippen LogP contribution in [0.2, 0.25) is 0 Å². The number of anilines is 2. The van der Waals surface area contributed by atoms with Crippen LogP contribution >= 0.6 is 0 Å². The van der Waals surface area contributed by atoms with E-state index in [1.165, 1.54) is 6.33 Å². The van der Waals surface area contributed by atoms with Crippen molar-refractivity contribution < 1.29 is 9.84 Å². The maximum atomic E-state index is 10.4. The van der Waals surface area contributed by atoms with Crippen molar-refractivity contribution in [1.82, 2.24) is 9.97 Å². The molecule has 3 N–H and O–H groups in total. The Morgan fingerprint density at radius 3 is 2.53 bits per heavy atom. The smallest absolute Gasteiger partial charge is 0.134 e. The molecule has 0 aliphatic carbocycles. The molecule has 1 aliphatic rings. The lowest BCUT2D eigenvalue weighted by molar-refractivity contribution is -0.0543. The first-order valence-electron chi connectivity index (χ1n) is 6.74. The Hall–Kier alpha value is -1.40. The Labute approximate surface area is 113 Å². The molecule has 6 nitrogen and oxygen atoms in total. The molecule has 0 unspecified atom stereocenters. The summed E-state index contributed by atoms with van der Waals surface area (Å²) in [7, 11) is 0. The van der Waals surface area contributed by atoms with Crippen molar-refractivity contribution >= 4 is 11.6 Å². The second-order valence-electron chi connectivity index (χ2n) is 4.92. The van der Waals surface area contributed by atoms with Gasteiger partial charge in [0.05, 0.1) is 5.60 Å². The summed E-state index contributed by atoms with van der Waals surface area (Å²) in [6.45, 7) is 6.53. The summed E-state index contributed by atoms with van der Waals surface area (Å²) >= 11 is 0. The summed E-state index contributed by atoms with van der Waals surface area (Å²) in [5, 5.41) is 16.8. The van der Waals surface area contributed by atoms with E-state index < -0.39 is 5.60 Å². The van der Waals surface area contributed by atoms with Crippen molar-refractivity contribution in [1.29, 1.82) is 0 Å². The van der Waals surface area contributed by atoms with Gasteiger partial charge in [-0.1, -0.05) is 0 Å². The van der Waals surface area contributed by atoms with Crippen LogP contribution in [0.15, 0.2) is 6.33 Å². The number of nitrogens with one attached hydrogen (secondary N) is 2. The summed E-state index contributed by atoms with van der Waals surface area (Å²) in [4.78, 5) is 8.43. The Morgan fingerprint density at radius 1 is 1.26 bits per heavy atom. The third kappa shape index (κ3) is 3.54. The van der Waals surface area contributed by atoms with Crippen molar-refractivity contribution in [3.8, 4) is 0 Å². The summed E-state index contributed by atoms with van der Waals surface area (Å²) in [5.74, 6) is 1.60. The largest absolute Gasteiger partial charge is 0.388 e. The lowest BCUT2D eigenvalue weighted by Crippen LogP contribution is -2.42. The Kier molecular flexibility index (Phi) is 4.55. The molecule has 1 aromatic heterocycles. The lowest BCUT2D eigenvalue weighted by atomic mass is 9.94. The molecule has 2 rings (SSSR count). The van der Waals surface area contributed by atoms with Crippen molar-refractivity contribution in [2.24, 2.45) is 0 Å². The van der Waals surface area contributed by atoms with E-state index in [0.717, 1.165) is 23.7 Å². The van der Waals surface area contributed by atoms with Gasteiger partial charge in [-0.05, 0) is 13.8 Å². The second-order valence-corrected chi connectivity index (χ2v) is 4.92. The van der Waals surface area contributed by atoms with Gasteiger partial charge in [0.25, 0.3) is 0 Å². The third-order valence-corrected chi connectivity index (χ3v) is 3.44. The van der Waals surface area contributed by atoms with Gasteiger partial charge >= 0.3 is 0 Å². The van der Waals surface area contributed by atoms with E-state index in [1.54, 1.807) is 0 Å². The van der Waals surface area contributed by atoms with Crippen LogP contribution in [0.1, 0.15) is 25.3 Å². The fourth-order valence-corrected chi connectivity index (χ4v) is 2.15. The molecule has 0 saturated carbocycles. The average molecular weight is 266 g/mol. The van der Waals surface area contributed by atoms with Gasteiger partial charge in [-0.25, -0.2) is 9.97 Å². The minimum Gasteiger partial charge on any atom is -0.388 e. The van der Waals surface area contributed by atoms with Gasteiger partial charge in [0.15, 0.2) is 0 Å². The molecule has 2 heterocycles. The van der Waals surface area contributed by atoms with E-state index in [9.17, 15) is 5.11 Å². The standard InChI is InChI=1S/C13H22N4O2/c1-3-14-11-10(2)12(17-9-16-11)15-8-13(18)4-6-19-7-5-13/h9,18H,3-8H2,1-2H3,(H2,14,15,16,17). The molecular formula is C13H22N4O2. The number of hydrogen-bond acceptors (Lipinski definition) is 6. The van der Waals surface area contributed by atoms with Crippen LogP contribution in [0, 0.1) is 6.92 Å². The number of rotatable bonds is 5. The highest BCUT2D eigenvalue weighted by molar-refractivity contribution is 5.56. The van der Waals surface area contributed by atoms with E-state index in [4.69, 9.17) is 4.74 Å². The first-order chi connectivity index (χ1) is 9.14. The van der Waals surface area contributed by atoms with Crippen molar-refractivity contribution in [2.75, 3.05) is 36.9 Å². The van der Waals surface area contributed by atoms with Gasteiger partial charge in [0.2, 0.25) is 0 Å². The number of ether oxygens (including phenoxy) is 1. The molecule has 1 aromatic rings. The van der Waals surface area contributed by atoms with Gasteiger partial charge in [-0.15, -0.1) is 0 Å². The summed E-state index contributed by atoms with van der Waals surface area (Å²) in [6.07, 6.45) is 2.84. The highest BCUT2D eigenvalue weighted by Gasteiger charge is 2.29. The molecule has 0 bridgehead atoms. The fourth-order valence-electron chi connectivity index (χ4n) is 2.15. The lowest BCUT2D eigenvalue weighted by Gasteiger charge is -2.32. The van der Waals surface area contributed by atoms with Crippen LogP contribution in [0.3, 0.4) is 0 Å². The molecule has 1 saturated heterocycles. The quantitative estimate of drug-likeness (QED) is 0.742. The van der Waals surface area contributed by atoms with Crippen LogP contribution in [0.25, 0.3) is 0 Å². The summed E-state index contributed by atoms with van der Waals surface area (Å²) in [6, 6.07) is 0. The molecule has 1 aliphatic heterocycles. The number of nitrogens with zero attached hydrogens (tertiary/aromatic N) is 2. The number of hydrogen-bond donors (Lipinski definition) is 3. The molecule has 0 spiro atoms. The number of aliphatic hydroxyl groups is 1. The van der Waals surface area contributed by atoms with Crippen LogP contribution < -0.4 is 10.6 Å². The van der Waals surface area contributed by atoms with Gasteiger partial charge in [0, 0.05) is 44.7 Å². The third-order valence-electron chi connectivity index (χ3n) is 3.44. The molecular weight excluding hydrogens is 244 g/mol.